The minimum Gasteiger partial charge on any atom is -0.313 e. The third-order valence-electron chi connectivity index (χ3n) is 3.90. The van der Waals surface area contributed by atoms with Crippen LogP contribution in [-0.4, -0.2) is 33.3 Å². The lowest BCUT2D eigenvalue weighted by atomic mass is 10.0. The number of rotatable bonds is 5. The second-order valence-corrected chi connectivity index (χ2v) is 7.31. The zero-order chi connectivity index (χ0) is 12.8. The Balaban J connectivity index is 1.76. The lowest BCUT2D eigenvalue weighted by molar-refractivity contribution is 0.477. The van der Waals surface area contributed by atoms with E-state index in [2.05, 4.69) is 16.1 Å². The van der Waals surface area contributed by atoms with Crippen molar-refractivity contribution < 1.29 is 8.42 Å². The molecule has 0 saturated heterocycles. The maximum Gasteiger partial charge on any atom is 0.214 e. The van der Waals surface area contributed by atoms with Gasteiger partial charge in [-0.2, -0.15) is 0 Å². The van der Waals surface area contributed by atoms with Crippen LogP contribution in [0.4, 0.5) is 0 Å². The van der Waals surface area contributed by atoms with Crippen LogP contribution in [0, 0.1) is 0 Å². The van der Waals surface area contributed by atoms with Gasteiger partial charge in [-0.1, -0.05) is 30.9 Å². The van der Waals surface area contributed by atoms with Gasteiger partial charge in [-0.3, -0.25) is 0 Å². The summed E-state index contributed by atoms with van der Waals surface area (Å²) in [6.45, 7) is 2.50. The molecule has 0 aromatic heterocycles. The summed E-state index contributed by atoms with van der Waals surface area (Å²) in [5.41, 5.74) is 1.38. The van der Waals surface area contributed by atoms with Crippen molar-refractivity contribution in [1.82, 2.24) is 10.0 Å². The quantitative estimate of drug-likeness (QED) is 0.747. The minimum atomic E-state index is -3.08. The number of hydrogen-bond acceptors (Lipinski definition) is 3. The van der Waals surface area contributed by atoms with Gasteiger partial charge in [0.2, 0.25) is 10.0 Å². The fourth-order valence-electron chi connectivity index (χ4n) is 2.74. The molecular formula is C13H24N2O2S. The Morgan fingerprint density at radius 3 is 2.72 bits per heavy atom. The predicted octanol–water partition coefficient (Wildman–Crippen LogP) is 1.55. The van der Waals surface area contributed by atoms with Crippen LogP contribution in [0.2, 0.25) is 0 Å². The van der Waals surface area contributed by atoms with E-state index in [1.807, 2.05) is 0 Å². The Morgan fingerprint density at radius 2 is 2.06 bits per heavy atom. The second-order valence-electron chi connectivity index (χ2n) is 5.27. The van der Waals surface area contributed by atoms with Crippen LogP contribution in [-0.2, 0) is 10.0 Å². The molecule has 0 bridgehead atoms. The Bertz CT molecular complexity index is 384. The summed E-state index contributed by atoms with van der Waals surface area (Å²) in [7, 11) is -3.08. The standard InChI is InChI=1S/C13H24N2O2S/c16-18(17,13-4-2-1-3-5-13)15-11-8-12-6-9-14-10-7-12/h6,13-15H,1-5,7-11H2. The zero-order valence-corrected chi connectivity index (χ0v) is 11.8. The van der Waals surface area contributed by atoms with E-state index in [-0.39, 0.29) is 5.25 Å². The smallest absolute Gasteiger partial charge is 0.214 e. The maximum atomic E-state index is 12.1. The van der Waals surface area contributed by atoms with Crippen molar-refractivity contribution in [2.75, 3.05) is 19.6 Å². The SMILES string of the molecule is O=S(=O)(NCCC1=CCNCC1)C1CCCCC1. The molecule has 1 aliphatic carbocycles. The first kappa shape index (κ1) is 14.0. The number of nitrogens with one attached hydrogen (secondary N) is 2. The van der Waals surface area contributed by atoms with Crippen molar-refractivity contribution in [3.05, 3.63) is 11.6 Å². The Hall–Kier alpha value is -0.390. The Labute approximate surface area is 110 Å². The molecule has 0 aromatic carbocycles. The molecule has 1 fully saturated rings. The molecular weight excluding hydrogens is 248 g/mol. The summed E-state index contributed by atoms with van der Waals surface area (Å²) >= 11 is 0. The highest BCUT2D eigenvalue weighted by molar-refractivity contribution is 7.90. The molecule has 1 heterocycles. The summed E-state index contributed by atoms with van der Waals surface area (Å²) in [6, 6.07) is 0. The predicted molar refractivity (Wildman–Crippen MR) is 74.0 cm³/mol. The van der Waals surface area contributed by atoms with E-state index in [0.717, 1.165) is 51.6 Å². The van der Waals surface area contributed by atoms with Gasteiger partial charge in [0.15, 0.2) is 0 Å². The van der Waals surface area contributed by atoms with Crippen LogP contribution in [0.3, 0.4) is 0 Å². The van der Waals surface area contributed by atoms with Gasteiger partial charge in [0.1, 0.15) is 0 Å². The van der Waals surface area contributed by atoms with Crippen LogP contribution in [0.25, 0.3) is 0 Å². The van der Waals surface area contributed by atoms with E-state index >= 15 is 0 Å². The zero-order valence-electron chi connectivity index (χ0n) is 11.0. The summed E-state index contributed by atoms with van der Waals surface area (Å²) < 4.78 is 27.0. The maximum absolute atomic E-state index is 12.1. The van der Waals surface area contributed by atoms with Crippen molar-refractivity contribution in [3.8, 4) is 0 Å². The molecule has 0 spiro atoms. The second kappa shape index (κ2) is 6.68. The molecule has 5 heteroatoms. The first-order chi connectivity index (χ1) is 8.68. The van der Waals surface area contributed by atoms with Gasteiger partial charge in [0.25, 0.3) is 0 Å². The highest BCUT2D eigenvalue weighted by Gasteiger charge is 2.26. The van der Waals surface area contributed by atoms with Crippen molar-refractivity contribution in [2.24, 2.45) is 0 Å². The van der Waals surface area contributed by atoms with E-state index in [9.17, 15) is 8.42 Å². The molecule has 0 aromatic rings. The van der Waals surface area contributed by atoms with Crippen molar-refractivity contribution in [2.45, 2.75) is 50.2 Å². The summed E-state index contributed by atoms with van der Waals surface area (Å²) in [5.74, 6) is 0. The third-order valence-corrected chi connectivity index (χ3v) is 5.85. The first-order valence-corrected chi connectivity index (χ1v) is 8.60. The van der Waals surface area contributed by atoms with Crippen molar-refractivity contribution in [1.29, 1.82) is 0 Å². The molecule has 4 nitrogen and oxygen atoms in total. The van der Waals surface area contributed by atoms with Gasteiger partial charge in [-0.25, -0.2) is 13.1 Å². The average Bonchev–Trinajstić information content (AvgIpc) is 2.41. The fourth-order valence-corrected chi connectivity index (χ4v) is 4.32. The van der Waals surface area contributed by atoms with Gasteiger partial charge in [0, 0.05) is 13.1 Å². The summed E-state index contributed by atoms with van der Waals surface area (Å²) in [4.78, 5) is 0. The molecule has 0 atom stereocenters. The summed E-state index contributed by atoms with van der Waals surface area (Å²) in [6.07, 6.45) is 9.05. The number of sulfonamides is 1. The topological polar surface area (TPSA) is 58.2 Å². The van der Waals surface area contributed by atoms with Crippen LogP contribution in [0.1, 0.15) is 44.9 Å². The molecule has 1 saturated carbocycles. The van der Waals surface area contributed by atoms with Gasteiger partial charge in [0.05, 0.1) is 5.25 Å². The van der Waals surface area contributed by atoms with Crippen LogP contribution in [0.15, 0.2) is 11.6 Å². The molecule has 18 heavy (non-hydrogen) atoms. The molecule has 1 aliphatic heterocycles. The van der Waals surface area contributed by atoms with Crippen LogP contribution in [0.5, 0.6) is 0 Å². The highest BCUT2D eigenvalue weighted by Crippen LogP contribution is 2.23. The minimum absolute atomic E-state index is 0.145. The van der Waals surface area contributed by atoms with Gasteiger partial charge in [-0.15, -0.1) is 0 Å². The normalized spacial score (nSPS) is 22.8. The van der Waals surface area contributed by atoms with Gasteiger partial charge < -0.3 is 5.32 Å². The van der Waals surface area contributed by atoms with Crippen molar-refractivity contribution >= 4 is 10.0 Å². The van der Waals surface area contributed by atoms with E-state index in [4.69, 9.17) is 0 Å². The first-order valence-electron chi connectivity index (χ1n) is 7.05. The molecule has 0 radical (unpaired) electrons. The number of hydrogen-bond donors (Lipinski definition) is 2. The molecule has 2 aliphatic rings. The highest BCUT2D eigenvalue weighted by atomic mass is 32.2. The third kappa shape index (κ3) is 4.07. The van der Waals surface area contributed by atoms with Crippen LogP contribution >= 0.6 is 0 Å². The molecule has 0 unspecified atom stereocenters. The van der Waals surface area contributed by atoms with Crippen molar-refractivity contribution in [3.63, 3.8) is 0 Å². The monoisotopic (exact) mass is 272 g/mol. The lowest BCUT2D eigenvalue weighted by Gasteiger charge is -2.22. The lowest BCUT2D eigenvalue weighted by Crippen LogP contribution is -2.36. The van der Waals surface area contributed by atoms with E-state index in [1.165, 1.54) is 12.0 Å². The van der Waals surface area contributed by atoms with Gasteiger partial charge >= 0.3 is 0 Å². The van der Waals surface area contributed by atoms with E-state index in [1.54, 1.807) is 0 Å². The largest absolute Gasteiger partial charge is 0.313 e. The van der Waals surface area contributed by atoms with Crippen LogP contribution < -0.4 is 10.0 Å². The van der Waals surface area contributed by atoms with E-state index < -0.39 is 10.0 Å². The fraction of sp³-hybridized carbons (Fsp3) is 0.846. The average molecular weight is 272 g/mol. The molecule has 104 valence electrons. The molecule has 2 rings (SSSR count). The van der Waals surface area contributed by atoms with Gasteiger partial charge in [-0.05, 0) is 32.2 Å². The Morgan fingerprint density at radius 1 is 1.28 bits per heavy atom. The molecule has 0 amide bonds. The van der Waals surface area contributed by atoms with E-state index in [0.29, 0.717) is 6.54 Å². The summed E-state index contributed by atoms with van der Waals surface area (Å²) in [5, 5.41) is 3.11. The Kier molecular flexibility index (Phi) is 5.21. The molecule has 2 N–H and O–H groups in total.